The van der Waals surface area contributed by atoms with Crippen molar-refractivity contribution in [3.05, 3.63) is 0 Å². The maximum Gasteiger partial charge on any atom is 0.0456 e. The number of aliphatic hydroxyl groups excluding tert-OH is 1. The Morgan fingerprint density at radius 2 is 1.64 bits per heavy atom. The molecule has 11 heavy (non-hydrogen) atoms. The minimum absolute atomic E-state index is 0.316. The van der Waals surface area contributed by atoms with Crippen LogP contribution in [0.1, 0.15) is 41.0 Å². The largest absolute Gasteiger partial charge is 0.396 e. The molecule has 1 nitrogen and oxygen atoms in total. The molecule has 1 heteroatoms. The highest BCUT2D eigenvalue weighted by Crippen LogP contribution is 2.32. The fourth-order valence-electron chi connectivity index (χ4n) is 1.20. The van der Waals surface area contributed by atoms with Crippen molar-refractivity contribution in [2.75, 3.05) is 6.61 Å². The van der Waals surface area contributed by atoms with Crippen molar-refractivity contribution in [3.63, 3.8) is 0 Å². The van der Waals surface area contributed by atoms with Crippen LogP contribution in [-0.4, -0.2) is 11.7 Å². The summed E-state index contributed by atoms with van der Waals surface area (Å²) in [5.74, 6) is 1.13. The van der Waals surface area contributed by atoms with Crippen molar-refractivity contribution in [2.24, 2.45) is 17.3 Å². The molecule has 0 aliphatic heterocycles. The lowest BCUT2D eigenvalue weighted by atomic mass is 9.75. The second-order valence-electron chi connectivity index (χ2n) is 4.64. The number of rotatable bonds is 4. The second kappa shape index (κ2) is 4.10. The lowest BCUT2D eigenvalue weighted by Gasteiger charge is -2.31. The summed E-state index contributed by atoms with van der Waals surface area (Å²) in [5, 5.41) is 8.88. The van der Waals surface area contributed by atoms with Gasteiger partial charge in [-0.15, -0.1) is 0 Å². The summed E-state index contributed by atoms with van der Waals surface area (Å²) in [6, 6.07) is 0. The van der Waals surface area contributed by atoms with E-state index in [1.54, 1.807) is 0 Å². The molecular weight excluding hydrogens is 136 g/mol. The van der Waals surface area contributed by atoms with Crippen molar-refractivity contribution in [1.29, 1.82) is 0 Å². The van der Waals surface area contributed by atoms with Crippen LogP contribution in [0.25, 0.3) is 0 Å². The molecule has 1 atom stereocenters. The Labute approximate surface area is 70.8 Å². The van der Waals surface area contributed by atoms with Crippen LogP contribution in [0.5, 0.6) is 0 Å². The van der Waals surface area contributed by atoms with Crippen LogP contribution in [-0.2, 0) is 0 Å². The summed E-state index contributed by atoms with van der Waals surface area (Å²) < 4.78 is 0. The minimum atomic E-state index is 0.316. The predicted octanol–water partition coefficient (Wildman–Crippen LogP) is 2.69. The zero-order chi connectivity index (χ0) is 9.07. The third-order valence-corrected chi connectivity index (χ3v) is 2.75. The van der Waals surface area contributed by atoms with Crippen LogP contribution in [0.3, 0.4) is 0 Å². The average Bonchev–Trinajstić information content (AvgIpc) is 1.86. The molecule has 0 saturated carbocycles. The number of hydrogen-bond acceptors (Lipinski definition) is 1. The number of aliphatic hydroxyl groups is 1. The second-order valence-corrected chi connectivity index (χ2v) is 4.64. The van der Waals surface area contributed by atoms with E-state index < -0.39 is 0 Å². The molecule has 0 fully saturated rings. The highest BCUT2D eigenvalue weighted by atomic mass is 16.3. The van der Waals surface area contributed by atoms with E-state index in [0.717, 1.165) is 6.42 Å². The molecule has 0 aliphatic carbocycles. The van der Waals surface area contributed by atoms with E-state index in [4.69, 9.17) is 5.11 Å². The molecule has 0 aromatic heterocycles. The van der Waals surface area contributed by atoms with Crippen LogP contribution in [0.4, 0.5) is 0 Å². The summed E-state index contributed by atoms with van der Waals surface area (Å²) >= 11 is 0. The first-order valence-electron chi connectivity index (χ1n) is 4.51. The quantitative estimate of drug-likeness (QED) is 0.667. The van der Waals surface area contributed by atoms with Crippen molar-refractivity contribution < 1.29 is 5.11 Å². The SMILES string of the molecule is CC(CO)CC(C)(C)C(C)C. The lowest BCUT2D eigenvalue weighted by Crippen LogP contribution is -2.23. The Bertz CT molecular complexity index is 105. The van der Waals surface area contributed by atoms with Gasteiger partial charge >= 0.3 is 0 Å². The van der Waals surface area contributed by atoms with Gasteiger partial charge in [-0.3, -0.25) is 0 Å². The first kappa shape index (κ1) is 11.0. The Morgan fingerprint density at radius 1 is 1.18 bits per heavy atom. The molecule has 0 heterocycles. The Kier molecular flexibility index (Phi) is 4.09. The normalized spacial score (nSPS) is 15.5. The van der Waals surface area contributed by atoms with Crippen LogP contribution < -0.4 is 0 Å². The molecule has 68 valence electrons. The van der Waals surface area contributed by atoms with E-state index >= 15 is 0 Å². The first-order chi connectivity index (χ1) is 4.90. The third kappa shape index (κ3) is 3.76. The maximum absolute atomic E-state index is 8.88. The van der Waals surface area contributed by atoms with E-state index in [1.165, 1.54) is 0 Å². The Hall–Kier alpha value is -0.0400. The molecule has 0 spiro atoms. The zero-order valence-electron chi connectivity index (χ0n) is 8.52. The highest BCUT2D eigenvalue weighted by Gasteiger charge is 2.24. The molecule has 0 bridgehead atoms. The van der Waals surface area contributed by atoms with Crippen molar-refractivity contribution in [3.8, 4) is 0 Å². The van der Waals surface area contributed by atoms with Gasteiger partial charge in [-0.2, -0.15) is 0 Å². The van der Waals surface area contributed by atoms with Gasteiger partial charge in [-0.25, -0.2) is 0 Å². The standard InChI is InChI=1S/C10H22O/c1-8(2)10(4,5)6-9(3)7-11/h8-9,11H,6-7H2,1-5H3. The molecule has 1 unspecified atom stereocenters. The average molecular weight is 158 g/mol. The smallest absolute Gasteiger partial charge is 0.0456 e. The molecule has 0 saturated heterocycles. The minimum Gasteiger partial charge on any atom is -0.396 e. The van der Waals surface area contributed by atoms with Gasteiger partial charge in [0.15, 0.2) is 0 Å². The highest BCUT2D eigenvalue weighted by molar-refractivity contribution is 4.74. The molecule has 0 radical (unpaired) electrons. The van der Waals surface area contributed by atoms with Gasteiger partial charge < -0.3 is 5.11 Å². The molecule has 0 rings (SSSR count). The van der Waals surface area contributed by atoms with Crippen molar-refractivity contribution in [2.45, 2.75) is 41.0 Å². The van der Waals surface area contributed by atoms with E-state index in [1.807, 2.05) is 0 Å². The van der Waals surface area contributed by atoms with Gasteiger partial charge in [0.05, 0.1) is 0 Å². The maximum atomic E-state index is 8.88. The Morgan fingerprint density at radius 3 is 1.91 bits per heavy atom. The third-order valence-electron chi connectivity index (χ3n) is 2.75. The molecule has 0 aromatic rings. The van der Waals surface area contributed by atoms with Gasteiger partial charge in [-0.1, -0.05) is 34.6 Å². The van der Waals surface area contributed by atoms with Crippen molar-refractivity contribution >= 4 is 0 Å². The fourth-order valence-corrected chi connectivity index (χ4v) is 1.20. The van der Waals surface area contributed by atoms with Gasteiger partial charge in [0.1, 0.15) is 0 Å². The van der Waals surface area contributed by atoms with Crippen LogP contribution in [0.15, 0.2) is 0 Å². The van der Waals surface area contributed by atoms with Crippen LogP contribution >= 0.6 is 0 Å². The molecule has 0 aliphatic rings. The monoisotopic (exact) mass is 158 g/mol. The van der Waals surface area contributed by atoms with Gasteiger partial charge in [0.25, 0.3) is 0 Å². The lowest BCUT2D eigenvalue weighted by molar-refractivity contribution is 0.146. The summed E-state index contributed by atoms with van der Waals surface area (Å²) in [6.45, 7) is 11.4. The number of hydrogen-bond donors (Lipinski definition) is 1. The summed E-state index contributed by atoms with van der Waals surface area (Å²) in [5.41, 5.74) is 0.363. The van der Waals surface area contributed by atoms with E-state index in [0.29, 0.717) is 23.9 Å². The topological polar surface area (TPSA) is 20.2 Å². The molecule has 0 amide bonds. The summed E-state index contributed by atoms with van der Waals surface area (Å²) in [6.07, 6.45) is 1.11. The fraction of sp³-hybridized carbons (Fsp3) is 1.00. The predicted molar refractivity (Wildman–Crippen MR) is 49.5 cm³/mol. The zero-order valence-corrected chi connectivity index (χ0v) is 8.52. The van der Waals surface area contributed by atoms with Crippen LogP contribution in [0, 0.1) is 17.3 Å². The van der Waals surface area contributed by atoms with Gasteiger partial charge in [0.2, 0.25) is 0 Å². The van der Waals surface area contributed by atoms with Gasteiger partial charge in [-0.05, 0) is 23.7 Å². The van der Waals surface area contributed by atoms with Gasteiger partial charge in [0, 0.05) is 6.61 Å². The molecule has 1 N–H and O–H groups in total. The van der Waals surface area contributed by atoms with Crippen LogP contribution in [0.2, 0.25) is 0 Å². The first-order valence-corrected chi connectivity index (χ1v) is 4.51. The molecular formula is C10H22O. The van der Waals surface area contributed by atoms with E-state index in [-0.39, 0.29) is 0 Å². The van der Waals surface area contributed by atoms with E-state index in [2.05, 4.69) is 34.6 Å². The summed E-state index contributed by atoms with van der Waals surface area (Å²) in [4.78, 5) is 0. The Balaban J connectivity index is 3.90. The van der Waals surface area contributed by atoms with E-state index in [9.17, 15) is 0 Å². The summed E-state index contributed by atoms with van der Waals surface area (Å²) in [7, 11) is 0. The molecule has 0 aromatic carbocycles. The van der Waals surface area contributed by atoms with Crippen molar-refractivity contribution in [1.82, 2.24) is 0 Å².